The van der Waals surface area contributed by atoms with Gasteiger partial charge in [-0.3, -0.25) is 19.3 Å². The molecule has 0 saturated heterocycles. The van der Waals surface area contributed by atoms with Crippen LogP contribution in [0.2, 0.25) is 0 Å². The van der Waals surface area contributed by atoms with E-state index in [0.717, 1.165) is 22.9 Å². The highest BCUT2D eigenvalue weighted by atomic mass is 16.2. The molecule has 2 N–H and O–H groups in total. The van der Waals surface area contributed by atoms with Crippen LogP contribution in [0.25, 0.3) is 10.9 Å². The number of amides is 3. The number of H-pyrrole nitrogens is 1. The molecule has 3 amide bonds. The first-order chi connectivity index (χ1) is 14.0. The Bertz CT molecular complexity index is 1120. The van der Waals surface area contributed by atoms with Gasteiger partial charge in [-0.1, -0.05) is 25.1 Å². The minimum Gasteiger partial charge on any atom is -0.361 e. The monoisotopic (exact) mass is 389 g/mol. The summed E-state index contributed by atoms with van der Waals surface area (Å²) >= 11 is 0. The van der Waals surface area contributed by atoms with Gasteiger partial charge >= 0.3 is 0 Å². The first-order valence-electron chi connectivity index (χ1n) is 9.85. The Balaban J connectivity index is 1.52. The minimum absolute atomic E-state index is 0.0424. The van der Waals surface area contributed by atoms with Crippen molar-refractivity contribution in [3.05, 3.63) is 70.9 Å². The molecule has 3 aromatic rings. The molecule has 29 heavy (non-hydrogen) atoms. The fourth-order valence-electron chi connectivity index (χ4n) is 3.61. The molecule has 1 atom stereocenters. The fraction of sp³-hybridized carbons (Fsp3) is 0.261. The van der Waals surface area contributed by atoms with E-state index in [0.29, 0.717) is 29.7 Å². The summed E-state index contributed by atoms with van der Waals surface area (Å²) < 4.78 is 0. The third-order valence-corrected chi connectivity index (χ3v) is 5.50. The Morgan fingerprint density at radius 2 is 1.86 bits per heavy atom. The number of fused-ring (bicyclic) bond motifs is 2. The summed E-state index contributed by atoms with van der Waals surface area (Å²) in [6, 6.07) is 12.7. The molecule has 0 spiro atoms. The zero-order valence-corrected chi connectivity index (χ0v) is 16.5. The number of nitrogens with zero attached hydrogens (tertiary/aromatic N) is 1. The summed E-state index contributed by atoms with van der Waals surface area (Å²) in [5.41, 5.74) is 3.14. The molecule has 0 radical (unpaired) electrons. The molecule has 0 aliphatic carbocycles. The van der Waals surface area contributed by atoms with Gasteiger partial charge in [0.15, 0.2) is 0 Å². The fourth-order valence-corrected chi connectivity index (χ4v) is 3.61. The van der Waals surface area contributed by atoms with Crippen LogP contribution in [0, 0.1) is 0 Å². The van der Waals surface area contributed by atoms with Gasteiger partial charge in [0.1, 0.15) is 0 Å². The lowest BCUT2D eigenvalue weighted by Crippen LogP contribution is -2.32. The quantitative estimate of drug-likeness (QED) is 0.633. The van der Waals surface area contributed by atoms with E-state index < -0.39 is 0 Å². The normalized spacial score (nSPS) is 14.3. The SMILES string of the molecule is CCC(C)NC(=O)c1ccc2c(c1)C(=O)N(CCc1c[nH]c3ccccc13)C2=O. The summed E-state index contributed by atoms with van der Waals surface area (Å²) in [6.07, 6.45) is 3.30. The number of aromatic amines is 1. The third-order valence-electron chi connectivity index (χ3n) is 5.50. The molecule has 1 aliphatic heterocycles. The molecule has 6 heteroatoms. The summed E-state index contributed by atoms with van der Waals surface area (Å²) in [7, 11) is 0. The highest BCUT2D eigenvalue weighted by Gasteiger charge is 2.35. The van der Waals surface area contributed by atoms with E-state index in [2.05, 4.69) is 10.3 Å². The van der Waals surface area contributed by atoms with Gasteiger partial charge in [0.25, 0.3) is 17.7 Å². The molecule has 1 unspecified atom stereocenters. The van der Waals surface area contributed by atoms with Crippen LogP contribution < -0.4 is 5.32 Å². The number of benzene rings is 2. The van der Waals surface area contributed by atoms with Crippen molar-refractivity contribution >= 4 is 28.6 Å². The van der Waals surface area contributed by atoms with Crippen LogP contribution >= 0.6 is 0 Å². The topological polar surface area (TPSA) is 82.3 Å². The van der Waals surface area contributed by atoms with Crippen molar-refractivity contribution in [2.75, 3.05) is 6.54 Å². The van der Waals surface area contributed by atoms with Crippen LogP contribution in [0.1, 0.15) is 56.9 Å². The van der Waals surface area contributed by atoms with Crippen LogP contribution in [0.5, 0.6) is 0 Å². The van der Waals surface area contributed by atoms with Crippen molar-refractivity contribution in [2.45, 2.75) is 32.7 Å². The van der Waals surface area contributed by atoms with Gasteiger partial charge in [-0.15, -0.1) is 0 Å². The van der Waals surface area contributed by atoms with Crippen LogP contribution in [0.4, 0.5) is 0 Å². The molecule has 1 aromatic heterocycles. The van der Waals surface area contributed by atoms with Gasteiger partial charge in [-0.2, -0.15) is 0 Å². The Morgan fingerprint density at radius 1 is 1.10 bits per heavy atom. The number of hydrogen-bond donors (Lipinski definition) is 2. The van der Waals surface area contributed by atoms with Crippen molar-refractivity contribution in [3.63, 3.8) is 0 Å². The Hall–Kier alpha value is -3.41. The first kappa shape index (κ1) is 18.9. The number of hydrogen-bond acceptors (Lipinski definition) is 3. The molecule has 0 bridgehead atoms. The second-order valence-corrected chi connectivity index (χ2v) is 7.41. The maximum atomic E-state index is 12.8. The molecule has 1 aliphatic rings. The van der Waals surface area contributed by atoms with E-state index in [4.69, 9.17) is 0 Å². The largest absolute Gasteiger partial charge is 0.361 e. The van der Waals surface area contributed by atoms with Gasteiger partial charge in [0, 0.05) is 35.2 Å². The van der Waals surface area contributed by atoms with Crippen molar-refractivity contribution in [2.24, 2.45) is 0 Å². The third kappa shape index (κ3) is 3.42. The molecule has 0 saturated carbocycles. The number of imide groups is 1. The van der Waals surface area contributed by atoms with Crippen LogP contribution in [0.3, 0.4) is 0 Å². The van der Waals surface area contributed by atoms with E-state index in [-0.39, 0.29) is 23.8 Å². The molecular weight excluding hydrogens is 366 g/mol. The van der Waals surface area contributed by atoms with E-state index in [1.165, 1.54) is 11.0 Å². The number of carbonyl (C=O) groups is 3. The minimum atomic E-state index is -0.344. The number of carbonyl (C=O) groups excluding carboxylic acids is 3. The highest BCUT2D eigenvalue weighted by molar-refractivity contribution is 6.22. The van der Waals surface area contributed by atoms with Crippen LogP contribution in [-0.2, 0) is 6.42 Å². The maximum Gasteiger partial charge on any atom is 0.261 e. The summed E-state index contributed by atoms with van der Waals surface area (Å²) in [4.78, 5) is 42.4. The average molecular weight is 389 g/mol. The number of nitrogens with one attached hydrogen (secondary N) is 2. The molecule has 2 aromatic carbocycles. The molecular formula is C23H23N3O3. The van der Waals surface area contributed by atoms with E-state index in [9.17, 15) is 14.4 Å². The Labute approximate surface area is 168 Å². The highest BCUT2D eigenvalue weighted by Crippen LogP contribution is 2.25. The second kappa shape index (κ2) is 7.54. The lowest BCUT2D eigenvalue weighted by atomic mass is 10.0. The average Bonchev–Trinajstić information content (AvgIpc) is 3.25. The van der Waals surface area contributed by atoms with Crippen molar-refractivity contribution in [3.8, 4) is 0 Å². The second-order valence-electron chi connectivity index (χ2n) is 7.41. The summed E-state index contributed by atoms with van der Waals surface area (Å²) in [6.45, 7) is 4.20. The van der Waals surface area contributed by atoms with Gasteiger partial charge in [0.2, 0.25) is 0 Å². The lowest BCUT2D eigenvalue weighted by Gasteiger charge is -2.13. The number of aromatic nitrogens is 1. The summed E-state index contributed by atoms with van der Waals surface area (Å²) in [5, 5.41) is 3.97. The van der Waals surface area contributed by atoms with Crippen molar-refractivity contribution in [1.29, 1.82) is 0 Å². The summed E-state index contributed by atoms with van der Waals surface area (Å²) in [5.74, 6) is -0.888. The van der Waals surface area contributed by atoms with E-state index in [1.807, 2.05) is 44.3 Å². The van der Waals surface area contributed by atoms with Crippen LogP contribution in [-0.4, -0.2) is 40.2 Å². The van der Waals surface area contributed by atoms with Crippen molar-refractivity contribution in [1.82, 2.24) is 15.2 Å². The van der Waals surface area contributed by atoms with E-state index >= 15 is 0 Å². The van der Waals surface area contributed by atoms with Gasteiger partial charge < -0.3 is 10.3 Å². The number of para-hydroxylation sites is 1. The predicted octanol–water partition coefficient (Wildman–Crippen LogP) is 3.53. The van der Waals surface area contributed by atoms with Crippen LogP contribution in [0.15, 0.2) is 48.7 Å². The van der Waals surface area contributed by atoms with Gasteiger partial charge in [0.05, 0.1) is 11.1 Å². The Kier molecular flexibility index (Phi) is 4.92. The van der Waals surface area contributed by atoms with Gasteiger partial charge in [-0.25, -0.2) is 0 Å². The first-order valence-corrected chi connectivity index (χ1v) is 9.85. The molecule has 0 fully saturated rings. The zero-order valence-electron chi connectivity index (χ0n) is 16.5. The molecule has 148 valence electrons. The standard InChI is InChI=1S/C23H23N3O3/c1-3-14(2)25-21(27)15-8-9-18-19(12-15)23(29)26(22(18)28)11-10-16-13-24-20-7-5-4-6-17(16)20/h4-9,12-14,24H,3,10-11H2,1-2H3,(H,25,27). The predicted molar refractivity (Wildman–Crippen MR) is 111 cm³/mol. The maximum absolute atomic E-state index is 12.8. The number of rotatable bonds is 6. The smallest absolute Gasteiger partial charge is 0.261 e. The zero-order chi connectivity index (χ0) is 20.5. The van der Waals surface area contributed by atoms with E-state index in [1.54, 1.807) is 12.1 Å². The van der Waals surface area contributed by atoms with Crippen molar-refractivity contribution < 1.29 is 14.4 Å². The molecule has 4 rings (SSSR count). The lowest BCUT2D eigenvalue weighted by molar-refractivity contribution is 0.0656. The Morgan fingerprint density at radius 3 is 2.66 bits per heavy atom. The van der Waals surface area contributed by atoms with Gasteiger partial charge in [-0.05, 0) is 49.6 Å². The molecule has 2 heterocycles. The molecule has 6 nitrogen and oxygen atoms in total.